The van der Waals surface area contributed by atoms with E-state index >= 15 is 0 Å². The Morgan fingerprint density at radius 3 is 2.05 bits per heavy atom. The summed E-state index contributed by atoms with van der Waals surface area (Å²) in [7, 11) is 0. The second-order valence-corrected chi connectivity index (χ2v) is 5.68. The van der Waals surface area contributed by atoms with Gasteiger partial charge in [-0.15, -0.1) is 0 Å². The lowest BCUT2D eigenvalue weighted by molar-refractivity contribution is 0.534. The third-order valence-corrected chi connectivity index (χ3v) is 3.78. The topological polar surface area (TPSA) is 48.0 Å². The molecule has 1 aromatic rings. The zero-order chi connectivity index (χ0) is 14.6. The number of hydrogen-bond acceptors (Lipinski definition) is 2. The molecular formula is C17H30N2O. The van der Waals surface area contributed by atoms with Crippen LogP contribution in [0.1, 0.15) is 71.1 Å². The van der Waals surface area contributed by atoms with Gasteiger partial charge in [-0.3, -0.25) is 4.79 Å². The van der Waals surface area contributed by atoms with Gasteiger partial charge in [0.05, 0.1) is 5.69 Å². The molecule has 0 aliphatic rings. The Kier molecular flexibility index (Phi) is 8.84. The SMILES string of the molecule is CCCCCCCCCCCCn1ccc(=O)c(N)c1. The first-order valence-corrected chi connectivity index (χ1v) is 8.19. The van der Waals surface area contributed by atoms with Crippen LogP contribution in [0.2, 0.25) is 0 Å². The smallest absolute Gasteiger partial charge is 0.204 e. The van der Waals surface area contributed by atoms with Crippen molar-refractivity contribution in [3.8, 4) is 0 Å². The minimum atomic E-state index is -0.0793. The van der Waals surface area contributed by atoms with Crippen LogP contribution in [0.15, 0.2) is 23.3 Å². The van der Waals surface area contributed by atoms with Crippen molar-refractivity contribution in [3.63, 3.8) is 0 Å². The second-order valence-electron chi connectivity index (χ2n) is 5.68. The molecule has 1 heterocycles. The highest BCUT2D eigenvalue weighted by Gasteiger charge is 1.96. The first-order valence-electron chi connectivity index (χ1n) is 8.19. The van der Waals surface area contributed by atoms with E-state index in [1.807, 2.05) is 10.8 Å². The summed E-state index contributed by atoms with van der Waals surface area (Å²) in [4.78, 5) is 11.2. The zero-order valence-corrected chi connectivity index (χ0v) is 12.9. The van der Waals surface area contributed by atoms with E-state index in [-0.39, 0.29) is 5.43 Å². The van der Waals surface area contributed by atoms with E-state index in [0.29, 0.717) is 5.69 Å². The number of nitrogen functional groups attached to an aromatic ring is 1. The fourth-order valence-electron chi connectivity index (χ4n) is 2.47. The van der Waals surface area contributed by atoms with Crippen molar-refractivity contribution in [2.45, 2.75) is 77.7 Å². The predicted molar refractivity (Wildman–Crippen MR) is 87.0 cm³/mol. The zero-order valence-electron chi connectivity index (χ0n) is 12.9. The van der Waals surface area contributed by atoms with Crippen LogP contribution in [0.25, 0.3) is 0 Å². The summed E-state index contributed by atoms with van der Waals surface area (Å²) >= 11 is 0. The van der Waals surface area contributed by atoms with Gasteiger partial charge in [-0.1, -0.05) is 64.7 Å². The van der Waals surface area contributed by atoms with Crippen LogP contribution in [-0.2, 0) is 6.54 Å². The first kappa shape index (κ1) is 16.8. The van der Waals surface area contributed by atoms with Gasteiger partial charge in [0, 0.05) is 25.0 Å². The van der Waals surface area contributed by atoms with E-state index in [9.17, 15) is 4.79 Å². The predicted octanol–water partition coefficient (Wildman–Crippen LogP) is 4.35. The van der Waals surface area contributed by atoms with Crippen LogP contribution in [0.4, 0.5) is 5.69 Å². The molecule has 0 fully saturated rings. The highest BCUT2D eigenvalue weighted by atomic mass is 16.1. The number of hydrogen-bond donors (Lipinski definition) is 1. The molecule has 0 spiro atoms. The van der Waals surface area contributed by atoms with Crippen LogP contribution in [-0.4, -0.2) is 4.57 Å². The van der Waals surface area contributed by atoms with Gasteiger partial charge >= 0.3 is 0 Å². The number of aryl methyl sites for hydroxylation is 1. The molecule has 0 atom stereocenters. The normalized spacial score (nSPS) is 10.8. The Labute approximate surface area is 123 Å². The minimum Gasteiger partial charge on any atom is -0.394 e. The number of nitrogens with two attached hydrogens (primary N) is 1. The minimum absolute atomic E-state index is 0.0793. The van der Waals surface area contributed by atoms with E-state index in [1.54, 1.807) is 12.3 Å². The fraction of sp³-hybridized carbons (Fsp3) is 0.706. The van der Waals surface area contributed by atoms with Gasteiger partial charge < -0.3 is 10.3 Å². The van der Waals surface area contributed by atoms with Crippen molar-refractivity contribution in [1.29, 1.82) is 0 Å². The van der Waals surface area contributed by atoms with Gasteiger partial charge in [0.15, 0.2) is 0 Å². The molecule has 0 aromatic carbocycles. The third-order valence-electron chi connectivity index (χ3n) is 3.78. The number of unbranched alkanes of at least 4 members (excludes halogenated alkanes) is 9. The van der Waals surface area contributed by atoms with Crippen molar-refractivity contribution in [3.05, 3.63) is 28.7 Å². The maximum Gasteiger partial charge on any atom is 0.204 e. The van der Waals surface area contributed by atoms with E-state index < -0.39 is 0 Å². The highest BCUT2D eigenvalue weighted by molar-refractivity contribution is 5.33. The molecule has 0 saturated heterocycles. The molecule has 0 aliphatic heterocycles. The summed E-state index contributed by atoms with van der Waals surface area (Å²) in [6.45, 7) is 3.22. The summed E-state index contributed by atoms with van der Waals surface area (Å²) in [6.07, 6.45) is 17.0. The number of aromatic nitrogens is 1. The third kappa shape index (κ3) is 7.37. The Morgan fingerprint density at radius 2 is 1.50 bits per heavy atom. The van der Waals surface area contributed by atoms with E-state index in [4.69, 9.17) is 5.73 Å². The second kappa shape index (κ2) is 10.5. The van der Waals surface area contributed by atoms with Crippen LogP contribution in [0.3, 0.4) is 0 Å². The van der Waals surface area contributed by atoms with E-state index in [1.165, 1.54) is 57.8 Å². The summed E-state index contributed by atoms with van der Waals surface area (Å²) in [5.41, 5.74) is 5.87. The standard InChI is InChI=1S/C17H30N2O/c1-2-3-4-5-6-7-8-9-10-11-13-19-14-12-17(20)16(18)15-19/h12,14-15H,2-11,13,18H2,1H3. The quantitative estimate of drug-likeness (QED) is 0.612. The van der Waals surface area contributed by atoms with Crippen molar-refractivity contribution in [2.75, 3.05) is 5.73 Å². The summed E-state index contributed by atoms with van der Waals surface area (Å²) < 4.78 is 2.02. The average Bonchev–Trinajstić information content (AvgIpc) is 2.45. The molecule has 0 saturated carbocycles. The number of nitrogens with zero attached hydrogens (tertiary/aromatic N) is 1. The number of pyridine rings is 1. The summed E-state index contributed by atoms with van der Waals surface area (Å²) in [5.74, 6) is 0. The van der Waals surface area contributed by atoms with Crippen LogP contribution < -0.4 is 11.2 Å². The van der Waals surface area contributed by atoms with Crippen molar-refractivity contribution in [2.24, 2.45) is 0 Å². The van der Waals surface area contributed by atoms with Crippen LogP contribution in [0.5, 0.6) is 0 Å². The van der Waals surface area contributed by atoms with Crippen LogP contribution >= 0.6 is 0 Å². The summed E-state index contributed by atoms with van der Waals surface area (Å²) in [6, 6.07) is 1.55. The van der Waals surface area contributed by atoms with Gasteiger partial charge in [0.1, 0.15) is 0 Å². The Bertz CT molecular complexity index is 412. The maximum atomic E-state index is 11.2. The average molecular weight is 278 g/mol. The van der Waals surface area contributed by atoms with E-state index in [2.05, 4.69) is 6.92 Å². The van der Waals surface area contributed by atoms with Crippen molar-refractivity contribution < 1.29 is 0 Å². The summed E-state index contributed by atoms with van der Waals surface area (Å²) in [5, 5.41) is 0. The molecule has 114 valence electrons. The monoisotopic (exact) mass is 278 g/mol. The molecule has 1 aromatic heterocycles. The lowest BCUT2D eigenvalue weighted by Crippen LogP contribution is -2.10. The van der Waals surface area contributed by atoms with Gasteiger partial charge in [-0.2, -0.15) is 0 Å². The van der Waals surface area contributed by atoms with Gasteiger partial charge in [0.2, 0.25) is 5.43 Å². The van der Waals surface area contributed by atoms with Crippen molar-refractivity contribution in [1.82, 2.24) is 4.57 Å². The molecular weight excluding hydrogens is 248 g/mol. The molecule has 0 aliphatic carbocycles. The van der Waals surface area contributed by atoms with Gasteiger partial charge in [0.25, 0.3) is 0 Å². The molecule has 0 unspecified atom stereocenters. The molecule has 3 heteroatoms. The fourth-order valence-corrected chi connectivity index (χ4v) is 2.47. The first-order chi connectivity index (χ1) is 9.74. The molecule has 0 radical (unpaired) electrons. The molecule has 1 rings (SSSR count). The molecule has 0 amide bonds. The maximum absolute atomic E-state index is 11.2. The van der Waals surface area contributed by atoms with Gasteiger partial charge in [-0.05, 0) is 6.42 Å². The Hall–Kier alpha value is -1.25. The lowest BCUT2D eigenvalue weighted by atomic mass is 10.1. The molecule has 2 N–H and O–H groups in total. The largest absolute Gasteiger partial charge is 0.394 e. The Balaban J connectivity index is 1.97. The lowest BCUT2D eigenvalue weighted by Gasteiger charge is -2.07. The highest BCUT2D eigenvalue weighted by Crippen LogP contribution is 2.11. The Morgan fingerprint density at radius 1 is 0.950 bits per heavy atom. The number of rotatable bonds is 11. The van der Waals surface area contributed by atoms with E-state index in [0.717, 1.165) is 13.0 Å². The molecule has 3 nitrogen and oxygen atoms in total. The number of anilines is 1. The van der Waals surface area contributed by atoms with Crippen molar-refractivity contribution >= 4 is 5.69 Å². The van der Waals surface area contributed by atoms with Gasteiger partial charge in [-0.25, -0.2) is 0 Å². The molecule has 20 heavy (non-hydrogen) atoms. The van der Waals surface area contributed by atoms with Crippen LogP contribution in [0, 0.1) is 0 Å². The molecule has 0 bridgehead atoms.